The quantitative estimate of drug-likeness (QED) is 0.879. The lowest BCUT2D eigenvalue weighted by molar-refractivity contribution is -0.117. The molecule has 1 aromatic heterocycles. The first-order chi connectivity index (χ1) is 9.54. The zero-order valence-corrected chi connectivity index (χ0v) is 11.1. The number of anilines is 1. The summed E-state index contributed by atoms with van der Waals surface area (Å²) in [5.74, 6) is -0.710. The summed E-state index contributed by atoms with van der Waals surface area (Å²) >= 11 is 0. The van der Waals surface area contributed by atoms with Crippen LogP contribution in [0.2, 0.25) is 0 Å². The van der Waals surface area contributed by atoms with Gasteiger partial charge in [0, 0.05) is 11.9 Å². The van der Waals surface area contributed by atoms with Gasteiger partial charge < -0.3 is 11.1 Å². The number of pyridine rings is 1. The Kier molecular flexibility index (Phi) is 4.30. The SMILES string of the molecule is CC(Nc1ccc(CC(N)=O)cc1)c1cncc(F)c1. The van der Waals surface area contributed by atoms with E-state index in [0.29, 0.717) is 0 Å². The number of rotatable bonds is 5. The Hall–Kier alpha value is -2.43. The lowest BCUT2D eigenvalue weighted by Crippen LogP contribution is -2.13. The topological polar surface area (TPSA) is 68.0 Å². The molecule has 0 radical (unpaired) electrons. The third-order valence-corrected chi connectivity index (χ3v) is 2.94. The monoisotopic (exact) mass is 273 g/mol. The van der Waals surface area contributed by atoms with Crippen LogP contribution in [-0.4, -0.2) is 10.9 Å². The molecular formula is C15H16FN3O. The number of carbonyl (C=O) groups is 1. The largest absolute Gasteiger partial charge is 0.378 e. The van der Waals surface area contributed by atoms with Crippen LogP contribution in [0.15, 0.2) is 42.7 Å². The molecule has 1 atom stereocenters. The van der Waals surface area contributed by atoms with Crippen LogP contribution in [0.5, 0.6) is 0 Å². The molecule has 20 heavy (non-hydrogen) atoms. The first kappa shape index (κ1) is 14.0. The minimum atomic E-state index is -0.357. The predicted octanol–water partition coefficient (Wildman–Crippen LogP) is 2.42. The van der Waals surface area contributed by atoms with Crippen LogP contribution in [0, 0.1) is 5.82 Å². The molecule has 3 N–H and O–H groups in total. The zero-order valence-electron chi connectivity index (χ0n) is 11.1. The maximum absolute atomic E-state index is 13.1. The van der Waals surface area contributed by atoms with Crippen molar-refractivity contribution in [3.8, 4) is 0 Å². The van der Waals surface area contributed by atoms with Gasteiger partial charge in [-0.15, -0.1) is 0 Å². The lowest BCUT2D eigenvalue weighted by Gasteiger charge is -2.15. The molecule has 0 aliphatic heterocycles. The van der Waals surface area contributed by atoms with Crippen molar-refractivity contribution in [3.05, 3.63) is 59.7 Å². The Morgan fingerprint density at radius 1 is 1.35 bits per heavy atom. The van der Waals surface area contributed by atoms with Crippen LogP contribution in [0.25, 0.3) is 0 Å². The number of hydrogen-bond donors (Lipinski definition) is 2. The molecule has 0 saturated heterocycles. The summed E-state index contributed by atoms with van der Waals surface area (Å²) in [5, 5.41) is 3.24. The molecule has 104 valence electrons. The lowest BCUT2D eigenvalue weighted by atomic mass is 10.1. The number of carbonyl (C=O) groups excluding carboxylic acids is 1. The van der Waals surface area contributed by atoms with E-state index in [1.165, 1.54) is 12.3 Å². The molecule has 2 aromatic rings. The number of nitrogens with zero attached hydrogens (tertiary/aromatic N) is 1. The van der Waals surface area contributed by atoms with Crippen LogP contribution in [0.1, 0.15) is 24.1 Å². The number of nitrogens with one attached hydrogen (secondary N) is 1. The maximum atomic E-state index is 13.1. The summed E-state index contributed by atoms with van der Waals surface area (Å²) in [6, 6.07) is 8.78. The number of halogens is 1. The van der Waals surface area contributed by atoms with Crippen LogP contribution in [0.3, 0.4) is 0 Å². The fraction of sp³-hybridized carbons (Fsp3) is 0.200. The Labute approximate surface area is 116 Å². The molecule has 0 spiro atoms. The minimum absolute atomic E-state index is 0.0693. The van der Waals surface area contributed by atoms with E-state index in [2.05, 4.69) is 10.3 Å². The fourth-order valence-corrected chi connectivity index (χ4v) is 1.92. The van der Waals surface area contributed by atoms with E-state index in [0.717, 1.165) is 16.8 Å². The summed E-state index contributed by atoms with van der Waals surface area (Å²) in [7, 11) is 0. The van der Waals surface area contributed by atoms with Crippen LogP contribution >= 0.6 is 0 Å². The molecule has 0 bridgehead atoms. The Morgan fingerprint density at radius 3 is 2.65 bits per heavy atom. The highest BCUT2D eigenvalue weighted by Crippen LogP contribution is 2.19. The molecule has 0 saturated carbocycles. The van der Waals surface area contributed by atoms with Gasteiger partial charge in [0.05, 0.1) is 18.7 Å². The molecule has 5 heteroatoms. The third-order valence-electron chi connectivity index (χ3n) is 2.94. The van der Waals surface area contributed by atoms with Crippen molar-refractivity contribution >= 4 is 11.6 Å². The second-order valence-corrected chi connectivity index (χ2v) is 4.64. The van der Waals surface area contributed by atoms with Gasteiger partial charge in [0.1, 0.15) is 5.82 Å². The highest BCUT2D eigenvalue weighted by molar-refractivity contribution is 5.76. The van der Waals surface area contributed by atoms with E-state index in [1.54, 1.807) is 6.20 Å². The van der Waals surface area contributed by atoms with Crippen molar-refractivity contribution < 1.29 is 9.18 Å². The van der Waals surface area contributed by atoms with Crippen LogP contribution in [-0.2, 0) is 11.2 Å². The summed E-state index contributed by atoms with van der Waals surface area (Å²) < 4.78 is 13.1. The van der Waals surface area contributed by atoms with Crippen molar-refractivity contribution in [2.24, 2.45) is 5.73 Å². The Bertz CT molecular complexity index is 598. The molecule has 0 aliphatic carbocycles. The highest BCUT2D eigenvalue weighted by Gasteiger charge is 2.07. The van der Waals surface area contributed by atoms with Gasteiger partial charge in [-0.3, -0.25) is 9.78 Å². The molecule has 0 aliphatic rings. The first-order valence-corrected chi connectivity index (χ1v) is 6.29. The molecule has 1 amide bonds. The standard InChI is InChI=1S/C15H16FN3O/c1-10(12-7-13(16)9-18-8-12)19-14-4-2-11(3-5-14)6-15(17)20/h2-5,7-10,19H,6H2,1H3,(H2,17,20). The number of primary amides is 1. The van der Waals surface area contributed by atoms with E-state index < -0.39 is 0 Å². The average Bonchev–Trinajstić information content (AvgIpc) is 2.40. The van der Waals surface area contributed by atoms with Gasteiger partial charge in [0.2, 0.25) is 5.91 Å². The Morgan fingerprint density at radius 2 is 2.05 bits per heavy atom. The Balaban J connectivity index is 2.04. The van der Waals surface area contributed by atoms with E-state index in [1.807, 2.05) is 31.2 Å². The van der Waals surface area contributed by atoms with Gasteiger partial charge in [-0.25, -0.2) is 4.39 Å². The number of hydrogen-bond acceptors (Lipinski definition) is 3. The minimum Gasteiger partial charge on any atom is -0.378 e. The molecule has 1 unspecified atom stereocenters. The van der Waals surface area contributed by atoms with Gasteiger partial charge >= 0.3 is 0 Å². The smallest absolute Gasteiger partial charge is 0.221 e. The van der Waals surface area contributed by atoms with E-state index in [4.69, 9.17) is 5.73 Å². The average molecular weight is 273 g/mol. The number of aromatic nitrogens is 1. The number of nitrogens with two attached hydrogens (primary N) is 1. The van der Waals surface area contributed by atoms with Crippen LogP contribution < -0.4 is 11.1 Å². The first-order valence-electron chi connectivity index (χ1n) is 6.29. The third kappa shape index (κ3) is 3.78. The number of amides is 1. The summed E-state index contributed by atoms with van der Waals surface area (Å²) in [6.45, 7) is 1.92. The zero-order chi connectivity index (χ0) is 14.5. The molecule has 1 aromatic carbocycles. The van der Waals surface area contributed by atoms with Crippen LogP contribution in [0.4, 0.5) is 10.1 Å². The second kappa shape index (κ2) is 6.14. The van der Waals surface area contributed by atoms with Crippen molar-refractivity contribution in [2.45, 2.75) is 19.4 Å². The summed E-state index contributed by atoms with van der Waals surface area (Å²) in [6.07, 6.45) is 3.03. The maximum Gasteiger partial charge on any atom is 0.221 e. The van der Waals surface area contributed by atoms with Crippen molar-refractivity contribution in [3.63, 3.8) is 0 Å². The van der Waals surface area contributed by atoms with Crippen molar-refractivity contribution in [1.29, 1.82) is 0 Å². The normalized spacial score (nSPS) is 11.9. The van der Waals surface area contributed by atoms with E-state index in [-0.39, 0.29) is 24.2 Å². The van der Waals surface area contributed by atoms with E-state index in [9.17, 15) is 9.18 Å². The second-order valence-electron chi connectivity index (χ2n) is 4.64. The molecule has 1 heterocycles. The van der Waals surface area contributed by atoms with Crippen molar-refractivity contribution in [1.82, 2.24) is 4.98 Å². The molecular weight excluding hydrogens is 257 g/mol. The van der Waals surface area contributed by atoms with Crippen molar-refractivity contribution in [2.75, 3.05) is 5.32 Å². The number of benzene rings is 1. The predicted molar refractivity (Wildman–Crippen MR) is 75.6 cm³/mol. The van der Waals surface area contributed by atoms with Gasteiger partial charge in [0.15, 0.2) is 0 Å². The summed E-state index contributed by atoms with van der Waals surface area (Å²) in [5.41, 5.74) is 7.65. The molecule has 2 rings (SSSR count). The van der Waals surface area contributed by atoms with Gasteiger partial charge in [-0.2, -0.15) is 0 Å². The summed E-state index contributed by atoms with van der Waals surface area (Å²) in [4.78, 5) is 14.6. The van der Waals surface area contributed by atoms with Gasteiger partial charge in [0.25, 0.3) is 0 Å². The van der Waals surface area contributed by atoms with Gasteiger partial charge in [-0.1, -0.05) is 12.1 Å². The highest BCUT2D eigenvalue weighted by atomic mass is 19.1. The van der Waals surface area contributed by atoms with E-state index >= 15 is 0 Å². The molecule has 4 nitrogen and oxygen atoms in total. The molecule has 0 fully saturated rings. The fourth-order valence-electron chi connectivity index (χ4n) is 1.92. The van der Waals surface area contributed by atoms with Gasteiger partial charge in [-0.05, 0) is 36.2 Å².